The van der Waals surface area contributed by atoms with Crippen LogP contribution in [0.3, 0.4) is 0 Å². The van der Waals surface area contributed by atoms with Crippen LogP contribution in [0.4, 0.5) is 0 Å². The van der Waals surface area contributed by atoms with Crippen LogP contribution in [-0.4, -0.2) is 69.0 Å². The first-order chi connectivity index (χ1) is 11.1. The topological polar surface area (TPSA) is 67.2 Å². The van der Waals surface area contributed by atoms with E-state index in [-0.39, 0.29) is 5.91 Å². The van der Waals surface area contributed by atoms with Crippen LogP contribution in [0.25, 0.3) is 5.82 Å². The molecule has 23 heavy (non-hydrogen) atoms. The number of likely N-dealkylation sites (N-methyl/N-ethyl adjacent to an activating group) is 1. The minimum absolute atomic E-state index is 0.197. The fraction of sp³-hybridized carbons (Fsp3) is 0.500. The Morgan fingerprint density at radius 1 is 1.22 bits per heavy atom. The van der Waals surface area contributed by atoms with E-state index in [1.807, 2.05) is 34.7 Å². The Kier molecular flexibility index (Phi) is 4.66. The maximum atomic E-state index is 12.1. The maximum Gasteiger partial charge on any atom is 0.236 e. The Morgan fingerprint density at radius 3 is 2.61 bits per heavy atom. The van der Waals surface area contributed by atoms with Gasteiger partial charge in [0.1, 0.15) is 6.33 Å². The molecule has 0 aliphatic carbocycles. The van der Waals surface area contributed by atoms with E-state index < -0.39 is 0 Å². The molecule has 1 amide bonds. The average Bonchev–Trinajstić information content (AvgIpc) is 3.09. The average molecular weight is 314 g/mol. The van der Waals surface area contributed by atoms with Crippen LogP contribution in [-0.2, 0) is 4.79 Å². The number of hydrogen-bond donors (Lipinski definition) is 0. The third-order valence-corrected chi connectivity index (χ3v) is 4.14. The Hall–Kier alpha value is -2.28. The summed E-state index contributed by atoms with van der Waals surface area (Å²) in [6, 6.07) is 0. The second-order valence-corrected chi connectivity index (χ2v) is 6.13. The van der Waals surface area contributed by atoms with Crippen LogP contribution in [0, 0.1) is 0 Å². The number of amides is 1. The Balaban J connectivity index is 1.70. The molecule has 0 bridgehead atoms. The zero-order valence-electron chi connectivity index (χ0n) is 13.6. The molecule has 0 unspecified atom stereocenters. The van der Waals surface area contributed by atoms with E-state index in [9.17, 15) is 4.79 Å². The Labute approximate surface area is 136 Å². The third-order valence-electron chi connectivity index (χ3n) is 4.14. The van der Waals surface area contributed by atoms with E-state index in [4.69, 9.17) is 0 Å². The van der Waals surface area contributed by atoms with Crippen LogP contribution < -0.4 is 0 Å². The summed E-state index contributed by atoms with van der Waals surface area (Å²) >= 11 is 0. The summed E-state index contributed by atoms with van der Waals surface area (Å²) < 4.78 is 1.89. The Morgan fingerprint density at radius 2 is 1.96 bits per heavy atom. The second kappa shape index (κ2) is 6.87. The minimum Gasteiger partial charge on any atom is -0.342 e. The largest absolute Gasteiger partial charge is 0.342 e. The molecule has 0 atom stereocenters. The predicted molar refractivity (Wildman–Crippen MR) is 86.3 cm³/mol. The lowest BCUT2D eigenvalue weighted by molar-refractivity contribution is -0.132. The maximum absolute atomic E-state index is 12.1. The molecule has 7 nitrogen and oxygen atoms in total. The first-order valence-corrected chi connectivity index (χ1v) is 7.87. The number of piperidine rings is 1. The molecule has 0 spiro atoms. The molecule has 0 radical (unpaired) electrons. The number of nitrogens with zero attached hydrogens (tertiary/aromatic N) is 6. The smallest absolute Gasteiger partial charge is 0.236 e. The fourth-order valence-corrected chi connectivity index (χ4v) is 2.99. The van der Waals surface area contributed by atoms with Gasteiger partial charge in [0, 0.05) is 43.8 Å². The molecule has 3 rings (SSSR count). The van der Waals surface area contributed by atoms with Crippen molar-refractivity contribution >= 4 is 5.91 Å². The lowest BCUT2D eigenvalue weighted by Gasteiger charge is -2.32. The van der Waals surface area contributed by atoms with Gasteiger partial charge in [-0.05, 0) is 26.9 Å². The van der Waals surface area contributed by atoms with Crippen molar-refractivity contribution < 1.29 is 4.79 Å². The SMILES string of the molecule is CN(C)CC(=O)N1CCC(c2nccnc2-n2ccnc2)CC1. The van der Waals surface area contributed by atoms with Gasteiger partial charge in [-0.2, -0.15) is 0 Å². The number of carbonyl (C=O) groups excluding carboxylic acids is 1. The van der Waals surface area contributed by atoms with Crippen LogP contribution in [0.5, 0.6) is 0 Å². The molecule has 0 aromatic carbocycles. The summed E-state index contributed by atoms with van der Waals surface area (Å²) in [5.41, 5.74) is 0.991. The normalized spacial score (nSPS) is 16.0. The third kappa shape index (κ3) is 3.56. The van der Waals surface area contributed by atoms with E-state index in [1.165, 1.54) is 0 Å². The van der Waals surface area contributed by atoms with Crippen LogP contribution in [0.15, 0.2) is 31.1 Å². The molecule has 1 fully saturated rings. The number of aromatic nitrogens is 4. The van der Waals surface area contributed by atoms with Gasteiger partial charge in [0.15, 0.2) is 5.82 Å². The monoisotopic (exact) mass is 314 g/mol. The molecular formula is C16H22N6O. The summed E-state index contributed by atoms with van der Waals surface area (Å²) in [7, 11) is 3.84. The van der Waals surface area contributed by atoms with Crippen LogP contribution >= 0.6 is 0 Å². The molecule has 1 saturated heterocycles. The highest BCUT2D eigenvalue weighted by molar-refractivity contribution is 5.78. The van der Waals surface area contributed by atoms with Gasteiger partial charge >= 0.3 is 0 Å². The van der Waals surface area contributed by atoms with E-state index in [0.29, 0.717) is 12.5 Å². The molecule has 7 heteroatoms. The molecule has 0 saturated carbocycles. The number of imidazole rings is 1. The van der Waals surface area contributed by atoms with Gasteiger partial charge in [-0.25, -0.2) is 9.97 Å². The van der Waals surface area contributed by atoms with Gasteiger partial charge in [0.25, 0.3) is 0 Å². The molecule has 1 aliphatic rings. The van der Waals surface area contributed by atoms with Crippen molar-refractivity contribution in [1.29, 1.82) is 0 Å². The van der Waals surface area contributed by atoms with Crippen molar-refractivity contribution in [3.05, 3.63) is 36.8 Å². The fourth-order valence-electron chi connectivity index (χ4n) is 2.99. The zero-order chi connectivity index (χ0) is 16.2. The Bertz CT molecular complexity index is 646. The van der Waals surface area contributed by atoms with Crippen LogP contribution in [0.2, 0.25) is 0 Å². The molecule has 2 aromatic heterocycles. The van der Waals surface area contributed by atoms with E-state index in [0.717, 1.165) is 37.4 Å². The summed E-state index contributed by atoms with van der Waals surface area (Å²) in [4.78, 5) is 29.1. The molecule has 1 aliphatic heterocycles. The summed E-state index contributed by atoms with van der Waals surface area (Å²) in [5.74, 6) is 1.36. The quantitative estimate of drug-likeness (QED) is 0.840. The lowest BCUT2D eigenvalue weighted by atomic mass is 9.93. The first kappa shape index (κ1) is 15.6. The lowest BCUT2D eigenvalue weighted by Crippen LogP contribution is -2.42. The van der Waals surface area contributed by atoms with Crippen molar-refractivity contribution in [2.75, 3.05) is 33.7 Å². The van der Waals surface area contributed by atoms with Gasteiger partial charge in [0.2, 0.25) is 5.91 Å². The molecule has 0 N–H and O–H groups in total. The number of likely N-dealkylation sites (tertiary alicyclic amines) is 1. The second-order valence-electron chi connectivity index (χ2n) is 6.13. The van der Waals surface area contributed by atoms with Crippen molar-refractivity contribution in [3.63, 3.8) is 0 Å². The number of carbonyl (C=O) groups is 1. The molecule has 122 valence electrons. The zero-order valence-corrected chi connectivity index (χ0v) is 13.6. The van der Waals surface area contributed by atoms with Gasteiger partial charge in [-0.15, -0.1) is 0 Å². The van der Waals surface area contributed by atoms with Crippen molar-refractivity contribution in [2.45, 2.75) is 18.8 Å². The highest BCUT2D eigenvalue weighted by Gasteiger charge is 2.27. The molecular weight excluding hydrogens is 292 g/mol. The van der Waals surface area contributed by atoms with Gasteiger partial charge in [0.05, 0.1) is 12.2 Å². The number of rotatable bonds is 4. The highest BCUT2D eigenvalue weighted by atomic mass is 16.2. The summed E-state index contributed by atoms with van der Waals surface area (Å²) in [6.45, 7) is 2.02. The standard InChI is InChI=1S/C16H22N6O/c1-20(2)11-14(23)21-8-3-13(4-9-21)15-16(19-6-5-18-15)22-10-7-17-12-22/h5-7,10,12-13H,3-4,8-9,11H2,1-2H3. The molecule has 2 aromatic rings. The van der Waals surface area contributed by atoms with E-state index in [2.05, 4.69) is 15.0 Å². The highest BCUT2D eigenvalue weighted by Crippen LogP contribution is 2.29. The summed E-state index contributed by atoms with van der Waals surface area (Å²) in [5, 5.41) is 0. The van der Waals surface area contributed by atoms with E-state index >= 15 is 0 Å². The number of hydrogen-bond acceptors (Lipinski definition) is 5. The molecule has 3 heterocycles. The van der Waals surface area contributed by atoms with Crippen molar-refractivity contribution in [2.24, 2.45) is 0 Å². The minimum atomic E-state index is 0.197. The first-order valence-electron chi connectivity index (χ1n) is 7.87. The van der Waals surface area contributed by atoms with Crippen LogP contribution in [0.1, 0.15) is 24.5 Å². The van der Waals surface area contributed by atoms with Gasteiger partial charge in [-0.1, -0.05) is 0 Å². The predicted octanol–water partition coefficient (Wildman–Crippen LogP) is 0.930. The van der Waals surface area contributed by atoms with E-state index in [1.54, 1.807) is 24.9 Å². The van der Waals surface area contributed by atoms with Crippen molar-refractivity contribution in [1.82, 2.24) is 29.3 Å². The van der Waals surface area contributed by atoms with Crippen molar-refractivity contribution in [3.8, 4) is 5.82 Å². The van der Waals surface area contributed by atoms with Gasteiger partial charge in [-0.3, -0.25) is 14.3 Å². The summed E-state index contributed by atoms with van der Waals surface area (Å²) in [6.07, 6.45) is 10.6. The van der Waals surface area contributed by atoms with Gasteiger partial charge < -0.3 is 9.80 Å².